The average molecular weight is 222 g/mol. The highest BCUT2D eigenvalue weighted by Crippen LogP contribution is 2.26. The lowest BCUT2D eigenvalue weighted by atomic mass is 10.1. The minimum atomic E-state index is -0.504. The molecule has 2 N–H and O–H groups in total. The van der Waals surface area contributed by atoms with Gasteiger partial charge in [0.05, 0.1) is 12.2 Å². The Morgan fingerprint density at radius 3 is 2.75 bits per heavy atom. The topological polar surface area (TPSA) is 56.6 Å². The quantitative estimate of drug-likeness (QED) is 0.786. The van der Waals surface area contributed by atoms with Gasteiger partial charge in [0.1, 0.15) is 5.82 Å². The summed E-state index contributed by atoms with van der Waals surface area (Å²) in [5, 5.41) is 19.1. The van der Waals surface area contributed by atoms with Crippen LogP contribution >= 0.6 is 0 Å². The largest absolute Gasteiger partial charge is 0.393 e. The Morgan fingerprint density at radius 1 is 1.44 bits per heavy atom. The maximum atomic E-state index is 9.67. The lowest BCUT2D eigenvalue weighted by Gasteiger charge is -2.32. The zero-order valence-corrected chi connectivity index (χ0v) is 9.50. The van der Waals surface area contributed by atoms with Crippen LogP contribution in [0.15, 0.2) is 18.3 Å². The molecular formula is C12H18N2O2. The molecule has 16 heavy (non-hydrogen) atoms. The minimum absolute atomic E-state index is 0.185. The summed E-state index contributed by atoms with van der Waals surface area (Å²) in [6, 6.07) is 3.74. The summed E-state index contributed by atoms with van der Waals surface area (Å²) in [7, 11) is 0. The second kappa shape index (κ2) is 4.80. The SMILES string of the molecule is C[C@H](O)c1cccnc1N1CCC(O)CC1. The van der Waals surface area contributed by atoms with Gasteiger partial charge in [-0.25, -0.2) is 4.98 Å². The lowest BCUT2D eigenvalue weighted by molar-refractivity contribution is 0.145. The van der Waals surface area contributed by atoms with Gasteiger partial charge in [0, 0.05) is 24.8 Å². The Kier molecular flexibility index (Phi) is 3.41. The zero-order valence-electron chi connectivity index (χ0n) is 9.50. The van der Waals surface area contributed by atoms with Gasteiger partial charge in [0.15, 0.2) is 0 Å². The van der Waals surface area contributed by atoms with Crippen LogP contribution < -0.4 is 4.90 Å². The second-order valence-corrected chi connectivity index (χ2v) is 4.31. The molecule has 0 aromatic carbocycles. The maximum Gasteiger partial charge on any atom is 0.134 e. The lowest BCUT2D eigenvalue weighted by Crippen LogP contribution is -2.37. The first-order valence-corrected chi connectivity index (χ1v) is 5.74. The molecule has 1 atom stereocenters. The van der Waals surface area contributed by atoms with E-state index < -0.39 is 6.10 Å². The molecule has 0 amide bonds. The summed E-state index contributed by atoms with van der Waals surface area (Å²) in [4.78, 5) is 6.47. The van der Waals surface area contributed by atoms with Gasteiger partial charge in [0.25, 0.3) is 0 Å². The third kappa shape index (κ3) is 2.33. The van der Waals surface area contributed by atoms with Gasteiger partial charge in [-0.05, 0) is 25.8 Å². The fourth-order valence-electron chi connectivity index (χ4n) is 2.08. The van der Waals surface area contributed by atoms with Crippen molar-refractivity contribution >= 4 is 5.82 Å². The van der Waals surface area contributed by atoms with Gasteiger partial charge in [0.2, 0.25) is 0 Å². The maximum absolute atomic E-state index is 9.67. The minimum Gasteiger partial charge on any atom is -0.393 e. The Balaban J connectivity index is 2.19. The van der Waals surface area contributed by atoms with E-state index in [-0.39, 0.29) is 6.10 Å². The summed E-state index contributed by atoms with van der Waals surface area (Å²) >= 11 is 0. The van der Waals surface area contributed by atoms with Gasteiger partial charge in [-0.2, -0.15) is 0 Å². The Labute approximate surface area is 95.5 Å². The fraction of sp³-hybridized carbons (Fsp3) is 0.583. The molecule has 0 spiro atoms. The summed E-state index contributed by atoms with van der Waals surface area (Å²) < 4.78 is 0. The van der Waals surface area contributed by atoms with Crippen LogP contribution in [-0.2, 0) is 0 Å². The zero-order chi connectivity index (χ0) is 11.5. The molecule has 1 saturated heterocycles. The molecule has 1 aromatic heterocycles. The highest BCUT2D eigenvalue weighted by Gasteiger charge is 2.21. The van der Waals surface area contributed by atoms with Crippen LogP contribution in [-0.4, -0.2) is 34.4 Å². The molecule has 0 aliphatic carbocycles. The Bertz CT molecular complexity index is 347. The predicted octanol–water partition coefficient (Wildman–Crippen LogP) is 1.10. The first-order valence-electron chi connectivity index (χ1n) is 5.74. The molecule has 1 aromatic rings. The third-order valence-electron chi connectivity index (χ3n) is 3.03. The second-order valence-electron chi connectivity index (χ2n) is 4.31. The number of nitrogens with zero attached hydrogens (tertiary/aromatic N) is 2. The molecule has 0 unspecified atom stereocenters. The fourth-order valence-corrected chi connectivity index (χ4v) is 2.08. The molecule has 88 valence electrons. The van der Waals surface area contributed by atoms with Crippen molar-refractivity contribution in [1.82, 2.24) is 4.98 Å². The van der Waals surface area contributed by atoms with Gasteiger partial charge in [-0.15, -0.1) is 0 Å². The van der Waals surface area contributed by atoms with Gasteiger partial charge in [-0.3, -0.25) is 0 Å². The van der Waals surface area contributed by atoms with E-state index in [9.17, 15) is 10.2 Å². The standard InChI is InChI=1S/C12H18N2O2/c1-9(15)11-3-2-6-13-12(11)14-7-4-10(16)5-8-14/h2-3,6,9-10,15-16H,4-5,7-8H2,1H3/t9-/m0/s1. The molecule has 4 nitrogen and oxygen atoms in total. The first kappa shape index (κ1) is 11.4. The van der Waals surface area contributed by atoms with E-state index in [1.54, 1.807) is 13.1 Å². The Morgan fingerprint density at radius 2 is 2.12 bits per heavy atom. The molecule has 2 rings (SSSR count). The first-order chi connectivity index (χ1) is 7.68. The van der Waals surface area contributed by atoms with E-state index in [1.807, 2.05) is 12.1 Å². The smallest absolute Gasteiger partial charge is 0.134 e. The van der Waals surface area contributed by atoms with Crippen LogP contribution in [0.4, 0.5) is 5.82 Å². The number of aromatic nitrogens is 1. The number of pyridine rings is 1. The van der Waals surface area contributed by atoms with Crippen molar-refractivity contribution in [3.63, 3.8) is 0 Å². The highest BCUT2D eigenvalue weighted by atomic mass is 16.3. The molecule has 1 fully saturated rings. The normalized spacial score (nSPS) is 19.8. The summed E-state index contributed by atoms with van der Waals surface area (Å²) in [6.45, 7) is 3.36. The van der Waals surface area contributed by atoms with Crippen LogP contribution in [0.3, 0.4) is 0 Å². The number of aliphatic hydroxyl groups is 2. The van der Waals surface area contributed by atoms with Gasteiger partial charge in [-0.1, -0.05) is 6.07 Å². The van der Waals surface area contributed by atoms with Crippen LogP contribution in [0.5, 0.6) is 0 Å². The molecular weight excluding hydrogens is 204 g/mol. The van der Waals surface area contributed by atoms with Crippen LogP contribution in [0.1, 0.15) is 31.4 Å². The molecule has 0 saturated carbocycles. The number of hydrogen-bond acceptors (Lipinski definition) is 4. The van der Waals surface area contributed by atoms with Crippen molar-refractivity contribution in [1.29, 1.82) is 0 Å². The van der Waals surface area contributed by atoms with Crippen LogP contribution in [0, 0.1) is 0 Å². The van der Waals surface area contributed by atoms with E-state index in [4.69, 9.17) is 0 Å². The number of anilines is 1. The highest BCUT2D eigenvalue weighted by molar-refractivity contribution is 5.48. The van der Waals surface area contributed by atoms with Crippen molar-refractivity contribution < 1.29 is 10.2 Å². The number of rotatable bonds is 2. The van der Waals surface area contributed by atoms with Crippen molar-refractivity contribution in [2.24, 2.45) is 0 Å². The van der Waals surface area contributed by atoms with Gasteiger partial charge >= 0.3 is 0 Å². The number of aliphatic hydroxyl groups excluding tert-OH is 2. The van der Waals surface area contributed by atoms with Crippen LogP contribution in [0.2, 0.25) is 0 Å². The van der Waals surface area contributed by atoms with Crippen molar-refractivity contribution in [2.45, 2.75) is 32.0 Å². The summed E-state index contributed by atoms with van der Waals surface area (Å²) in [5.41, 5.74) is 0.860. The van der Waals surface area contributed by atoms with Crippen molar-refractivity contribution in [3.05, 3.63) is 23.9 Å². The number of piperidine rings is 1. The molecule has 2 heterocycles. The molecule has 4 heteroatoms. The summed E-state index contributed by atoms with van der Waals surface area (Å²) in [6.07, 6.45) is 2.60. The van der Waals surface area contributed by atoms with E-state index in [2.05, 4.69) is 9.88 Å². The monoisotopic (exact) mass is 222 g/mol. The molecule has 0 radical (unpaired) electrons. The average Bonchev–Trinajstić information content (AvgIpc) is 2.30. The van der Waals surface area contributed by atoms with Crippen molar-refractivity contribution in [3.8, 4) is 0 Å². The third-order valence-corrected chi connectivity index (χ3v) is 3.03. The molecule has 1 aliphatic rings. The molecule has 1 aliphatic heterocycles. The van der Waals surface area contributed by atoms with E-state index in [0.29, 0.717) is 0 Å². The van der Waals surface area contributed by atoms with E-state index in [0.717, 1.165) is 37.3 Å². The van der Waals surface area contributed by atoms with E-state index >= 15 is 0 Å². The Hall–Kier alpha value is -1.13. The number of hydrogen-bond donors (Lipinski definition) is 2. The van der Waals surface area contributed by atoms with Crippen LogP contribution in [0.25, 0.3) is 0 Å². The van der Waals surface area contributed by atoms with E-state index in [1.165, 1.54) is 0 Å². The summed E-state index contributed by atoms with van der Waals surface area (Å²) in [5.74, 6) is 0.851. The van der Waals surface area contributed by atoms with Crippen molar-refractivity contribution in [2.75, 3.05) is 18.0 Å². The predicted molar refractivity (Wildman–Crippen MR) is 62.3 cm³/mol. The van der Waals surface area contributed by atoms with Gasteiger partial charge < -0.3 is 15.1 Å². The molecule has 0 bridgehead atoms.